The van der Waals surface area contributed by atoms with Crippen LogP contribution in [0.2, 0.25) is 0 Å². The van der Waals surface area contributed by atoms with Gasteiger partial charge in [-0.15, -0.1) is 0 Å². The SMILES string of the molecule is Cc1nc(CCCc2ccc(N)cc2)nc(C(C)C)n1. The van der Waals surface area contributed by atoms with E-state index in [0.717, 1.165) is 42.4 Å². The van der Waals surface area contributed by atoms with Crippen LogP contribution in [0.3, 0.4) is 0 Å². The molecule has 4 heteroatoms. The van der Waals surface area contributed by atoms with E-state index in [2.05, 4.69) is 40.9 Å². The molecular formula is C16H22N4. The number of hydrogen-bond acceptors (Lipinski definition) is 4. The van der Waals surface area contributed by atoms with Gasteiger partial charge in [0.15, 0.2) is 0 Å². The Morgan fingerprint density at radius 3 is 2.35 bits per heavy atom. The Morgan fingerprint density at radius 2 is 1.70 bits per heavy atom. The van der Waals surface area contributed by atoms with Gasteiger partial charge in [-0.3, -0.25) is 0 Å². The lowest BCUT2D eigenvalue weighted by atomic mass is 10.1. The lowest BCUT2D eigenvalue weighted by Gasteiger charge is -2.07. The van der Waals surface area contributed by atoms with Crippen molar-refractivity contribution >= 4 is 5.69 Å². The molecule has 4 nitrogen and oxygen atoms in total. The lowest BCUT2D eigenvalue weighted by Crippen LogP contribution is -2.07. The Kier molecular flexibility index (Phi) is 4.66. The second kappa shape index (κ2) is 6.46. The molecule has 0 spiro atoms. The Morgan fingerprint density at radius 1 is 1.00 bits per heavy atom. The van der Waals surface area contributed by atoms with Gasteiger partial charge in [-0.1, -0.05) is 26.0 Å². The van der Waals surface area contributed by atoms with E-state index in [9.17, 15) is 0 Å². The molecule has 0 radical (unpaired) electrons. The van der Waals surface area contributed by atoms with E-state index in [4.69, 9.17) is 5.73 Å². The summed E-state index contributed by atoms with van der Waals surface area (Å²) in [4.78, 5) is 13.3. The van der Waals surface area contributed by atoms with E-state index >= 15 is 0 Å². The molecule has 0 bridgehead atoms. The van der Waals surface area contributed by atoms with Crippen LogP contribution in [0.4, 0.5) is 5.69 Å². The van der Waals surface area contributed by atoms with Crippen molar-refractivity contribution in [3.8, 4) is 0 Å². The predicted molar refractivity (Wildman–Crippen MR) is 81.5 cm³/mol. The summed E-state index contributed by atoms with van der Waals surface area (Å²) < 4.78 is 0. The van der Waals surface area contributed by atoms with E-state index < -0.39 is 0 Å². The van der Waals surface area contributed by atoms with Crippen molar-refractivity contribution in [1.29, 1.82) is 0 Å². The van der Waals surface area contributed by atoms with Gasteiger partial charge in [0.2, 0.25) is 0 Å². The first-order chi connectivity index (χ1) is 9.54. The number of aromatic nitrogens is 3. The molecule has 0 saturated heterocycles. The molecular weight excluding hydrogens is 248 g/mol. The first-order valence-electron chi connectivity index (χ1n) is 7.10. The highest BCUT2D eigenvalue weighted by Crippen LogP contribution is 2.12. The second-order valence-corrected chi connectivity index (χ2v) is 5.41. The van der Waals surface area contributed by atoms with Crippen LogP contribution in [-0.2, 0) is 12.8 Å². The smallest absolute Gasteiger partial charge is 0.135 e. The number of hydrogen-bond donors (Lipinski definition) is 1. The number of rotatable bonds is 5. The van der Waals surface area contributed by atoms with Gasteiger partial charge in [-0.2, -0.15) is 0 Å². The highest BCUT2D eigenvalue weighted by atomic mass is 15.0. The third-order valence-electron chi connectivity index (χ3n) is 3.17. The summed E-state index contributed by atoms with van der Waals surface area (Å²) in [6.45, 7) is 6.14. The molecule has 106 valence electrons. The predicted octanol–water partition coefficient (Wildman–Crippen LogP) is 3.06. The zero-order chi connectivity index (χ0) is 14.5. The van der Waals surface area contributed by atoms with Crippen LogP contribution in [0.5, 0.6) is 0 Å². The standard InChI is InChI=1S/C16H22N4/c1-11(2)16-19-12(3)18-15(20-16)6-4-5-13-7-9-14(17)10-8-13/h7-11H,4-6,17H2,1-3H3. The minimum atomic E-state index is 0.340. The first kappa shape index (κ1) is 14.4. The quantitative estimate of drug-likeness (QED) is 0.848. The second-order valence-electron chi connectivity index (χ2n) is 5.41. The molecule has 2 N–H and O–H groups in total. The molecule has 0 fully saturated rings. The summed E-state index contributed by atoms with van der Waals surface area (Å²) in [7, 11) is 0. The van der Waals surface area contributed by atoms with Crippen molar-refractivity contribution in [1.82, 2.24) is 15.0 Å². The number of nitrogens with two attached hydrogens (primary N) is 1. The van der Waals surface area contributed by atoms with Crippen LogP contribution < -0.4 is 5.73 Å². The molecule has 0 unspecified atom stereocenters. The van der Waals surface area contributed by atoms with Crippen LogP contribution in [0.15, 0.2) is 24.3 Å². The summed E-state index contributed by atoms with van der Waals surface area (Å²) in [6, 6.07) is 8.04. The fraction of sp³-hybridized carbons (Fsp3) is 0.438. The molecule has 2 rings (SSSR count). The van der Waals surface area contributed by atoms with E-state index in [1.54, 1.807) is 0 Å². The van der Waals surface area contributed by atoms with Crippen molar-refractivity contribution in [2.75, 3.05) is 5.73 Å². The highest BCUT2D eigenvalue weighted by molar-refractivity contribution is 5.39. The number of anilines is 1. The average Bonchev–Trinajstić information content (AvgIpc) is 2.40. The Bertz CT molecular complexity index is 561. The Labute approximate surface area is 120 Å². The number of nitrogen functional groups attached to an aromatic ring is 1. The zero-order valence-corrected chi connectivity index (χ0v) is 12.4. The zero-order valence-electron chi connectivity index (χ0n) is 12.4. The van der Waals surface area contributed by atoms with E-state index in [-0.39, 0.29) is 0 Å². The molecule has 0 saturated carbocycles. The molecule has 1 aromatic carbocycles. The van der Waals surface area contributed by atoms with Crippen molar-refractivity contribution in [2.45, 2.75) is 46.0 Å². The largest absolute Gasteiger partial charge is 0.399 e. The molecule has 0 amide bonds. The molecule has 0 aliphatic carbocycles. The van der Waals surface area contributed by atoms with Crippen LogP contribution in [0, 0.1) is 6.92 Å². The fourth-order valence-electron chi connectivity index (χ4n) is 2.06. The third-order valence-corrected chi connectivity index (χ3v) is 3.17. The molecule has 20 heavy (non-hydrogen) atoms. The van der Waals surface area contributed by atoms with E-state index in [1.165, 1.54) is 5.56 Å². The van der Waals surface area contributed by atoms with Crippen molar-refractivity contribution < 1.29 is 0 Å². The van der Waals surface area contributed by atoms with Gasteiger partial charge < -0.3 is 5.73 Å². The molecule has 0 atom stereocenters. The molecule has 0 aliphatic heterocycles. The van der Waals surface area contributed by atoms with Gasteiger partial charge >= 0.3 is 0 Å². The van der Waals surface area contributed by atoms with Crippen molar-refractivity contribution in [3.05, 3.63) is 47.3 Å². The van der Waals surface area contributed by atoms with Gasteiger partial charge in [-0.05, 0) is 37.5 Å². The monoisotopic (exact) mass is 270 g/mol. The average molecular weight is 270 g/mol. The summed E-state index contributed by atoms with van der Waals surface area (Å²) in [5.74, 6) is 2.94. The summed E-state index contributed by atoms with van der Waals surface area (Å²) >= 11 is 0. The Hall–Kier alpha value is -1.97. The van der Waals surface area contributed by atoms with Gasteiger partial charge in [0.05, 0.1) is 0 Å². The number of nitrogens with zero attached hydrogens (tertiary/aromatic N) is 3. The molecule has 2 aromatic rings. The Balaban J connectivity index is 1.95. The maximum absolute atomic E-state index is 5.68. The van der Waals surface area contributed by atoms with Gasteiger partial charge in [0.25, 0.3) is 0 Å². The summed E-state index contributed by atoms with van der Waals surface area (Å²) in [6.07, 6.45) is 2.93. The molecule has 0 aliphatic rings. The van der Waals surface area contributed by atoms with Gasteiger partial charge in [0.1, 0.15) is 17.5 Å². The third kappa shape index (κ3) is 4.02. The minimum Gasteiger partial charge on any atom is -0.399 e. The number of aryl methyl sites for hydroxylation is 3. The van der Waals surface area contributed by atoms with Gasteiger partial charge in [0, 0.05) is 18.0 Å². The van der Waals surface area contributed by atoms with Crippen molar-refractivity contribution in [2.24, 2.45) is 0 Å². The summed E-state index contributed by atoms with van der Waals surface area (Å²) in [5.41, 5.74) is 7.79. The van der Waals surface area contributed by atoms with E-state index in [0.29, 0.717) is 5.92 Å². The molecule has 1 heterocycles. The van der Waals surface area contributed by atoms with Crippen LogP contribution in [-0.4, -0.2) is 15.0 Å². The number of benzene rings is 1. The topological polar surface area (TPSA) is 64.7 Å². The summed E-state index contributed by atoms with van der Waals surface area (Å²) in [5, 5.41) is 0. The van der Waals surface area contributed by atoms with Crippen LogP contribution in [0.25, 0.3) is 0 Å². The maximum atomic E-state index is 5.68. The maximum Gasteiger partial charge on any atom is 0.135 e. The van der Waals surface area contributed by atoms with Gasteiger partial charge in [-0.25, -0.2) is 15.0 Å². The fourth-order valence-corrected chi connectivity index (χ4v) is 2.06. The minimum absolute atomic E-state index is 0.340. The highest BCUT2D eigenvalue weighted by Gasteiger charge is 2.07. The van der Waals surface area contributed by atoms with Crippen LogP contribution >= 0.6 is 0 Å². The molecule has 1 aromatic heterocycles. The van der Waals surface area contributed by atoms with Crippen molar-refractivity contribution in [3.63, 3.8) is 0 Å². The van der Waals surface area contributed by atoms with E-state index in [1.807, 2.05) is 19.1 Å². The van der Waals surface area contributed by atoms with Crippen LogP contribution in [0.1, 0.15) is 49.2 Å². The first-order valence-corrected chi connectivity index (χ1v) is 7.10. The normalized spacial score (nSPS) is 11.0. The lowest BCUT2D eigenvalue weighted by molar-refractivity contribution is 0.691.